The van der Waals surface area contributed by atoms with E-state index in [-0.39, 0.29) is 29.5 Å². The second kappa shape index (κ2) is 5.61. The van der Waals surface area contributed by atoms with Crippen LogP contribution in [-0.4, -0.2) is 12.5 Å². The normalized spacial score (nSPS) is 17.5. The van der Waals surface area contributed by atoms with Crippen LogP contribution in [0.2, 0.25) is 0 Å². The van der Waals surface area contributed by atoms with Crippen molar-refractivity contribution < 1.29 is 31.4 Å². The lowest BCUT2D eigenvalue weighted by molar-refractivity contribution is -0.287. The van der Waals surface area contributed by atoms with Gasteiger partial charge in [0.2, 0.25) is 0 Å². The van der Waals surface area contributed by atoms with Gasteiger partial charge in [0.05, 0.1) is 0 Å². The zero-order valence-corrected chi connectivity index (χ0v) is 10.7. The van der Waals surface area contributed by atoms with Crippen molar-refractivity contribution in [3.8, 4) is 11.5 Å². The lowest BCUT2D eigenvalue weighted by Crippen LogP contribution is -2.26. The van der Waals surface area contributed by atoms with Crippen molar-refractivity contribution in [2.75, 3.05) is 0 Å². The molecule has 1 atom stereocenters. The summed E-state index contributed by atoms with van der Waals surface area (Å²) in [5, 5.41) is 0. The van der Waals surface area contributed by atoms with Crippen molar-refractivity contribution in [1.82, 2.24) is 0 Å². The molecule has 1 aliphatic heterocycles. The quantitative estimate of drug-likeness (QED) is 0.863. The minimum atomic E-state index is -4.35. The molecule has 9 heteroatoms. The molecule has 1 heterocycles. The van der Waals surface area contributed by atoms with Gasteiger partial charge in [-0.15, -0.1) is 21.2 Å². The smallest absolute Gasteiger partial charge is 0.395 e. The highest BCUT2D eigenvalue weighted by molar-refractivity contribution is 5.85. The summed E-state index contributed by atoms with van der Waals surface area (Å²) < 4.78 is 70.5. The standard InChI is InChI=1S/C11H10F5NO2.ClH/c12-10(13,14)5-4-7(17)6-2-1-3-8-9(6)19-11(15,16)18-8;/h1-3,7H,4-5,17H2;1H/t7-;/m0./s1. The summed E-state index contributed by atoms with van der Waals surface area (Å²) in [5.41, 5.74) is 5.65. The van der Waals surface area contributed by atoms with Crippen molar-refractivity contribution in [2.45, 2.75) is 31.4 Å². The monoisotopic (exact) mass is 319 g/mol. The van der Waals surface area contributed by atoms with Crippen LogP contribution in [0.25, 0.3) is 0 Å². The van der Waals surface area contributed by atoms with Gasteiger partial charge >= 0.3 is 12.5 Å². The first-order valence-electron chi connectivity index (χ1n) is 5.39. The molecule has 20 heavy (non-hydrogen) atoms. The maximum Gasteiger partial charge on any atom is 0.586 e. The van der Waals surface area contributed by atoms with Gasteiger partial charge in [0, 0.05) is 18.0 Å². The average Bonchev–Trinajstić information content (AvgIpc) is 2.58. The van der Waals surface area contributed by atoms with E-state index < -0.39 is 31.4 Å². The molecule has 1 aromatic carbocycles. The van der Waals surface area contributed by atoms with Crippen molar-refractivity contribution in [2.24, 2.45) is 5.73 Å². The number of hydrogen-bond donors (Lipinski definition) is 1. The molecule has 0 spiro atoms. The summed E-state index contributed by atoms with van der Waals surface area (Å²) in [4.78, 5) is 0. The number of alkyl halides is 5. The van der Waals surface area contributed by atoms with E-state index in [1.807, 2.05) is 0 Å². The van der Waals surface area contributed by atoms with Crippen molar-refractivity contribution in [1.29, 1.82) is 0 Å². The van der Waals surface area contributed by atoms with Crippen molar-refractivity contribution in [3.05, 3.63) is 23.8 Å². The van der Waals surface area contributed by atoms with Gasteiger partial charge in [0.1, 0.15) is 0 Å². The minimum absolute atomic E-state index is 0. The highest BCUT2D eigenvalue weighted by Crippen LogP contribution is 2.45. The van der Waals surface area contributed by atoms with Crippen LogP contribution in [0.15, 0.2) is 18.2 Å². The number of hydrogen-bond acceptors (Lipinski definition) is 3. The first kappa shape index (κ1) is 16.8. The molecule has 1 aliphatic rings. The molecule has 2 rings (SSSR count). The molecule has 0 fully saturated rings. The summed E-state index contributed by atoms with van der Waals surface area (Å²) in [6.07, 6.45) is -9.69. The largest absolute Gasteiger partial charge is 0.586 e. The molecule has 1 aromatic rings. The summed E-state index contributed by atoms with van der Waals surface area (Å²) in [7, 11) is 0. The van der Waals surface area contributed by atoms with Crippen molar-refractivity contribution in [3.63, 3.8) is 0 Å². The SMILES string of the molecule is Cl.N[C@@H](CCC(F)(F)F)c1cccc2c1OC(F)(F)O2. The molecule has 3 nitrogen and oxygen atoms in total. The fourth-order valence-electron chi connectivity index (χ4n) is 1.76. The molecular formula is C11H11ClF5NO2. The van der Waals surface area contributed by atoms with Crippen molar-refractivity contribution >= 4 is 12.4 Å². The predicted octanol–water partition coefficient (Wildman–Crippen LogP) is 3.77. The molecule has 0 bridgehead atoms. The van der Waals surface area contributed by atoms with E-state index in [0.717, 1.165) is 0 Å². The summed E-state index contributed by atoms with van der Waals surface area (Å²) in [6.45, 7) is 0. The van der Waals surface area contributed by atoms with E-state index >= 15 is 0 Å². The Bertz CT molecular complexity index is 480. The third-order valence-corrected chi connectivity index (χ3v) is 2.60. The Hall–Kier alpha value is -1.28. The zero-order valence-electron chi connectivity index (χ0n) is 9.92. The number of fused-ring (bicyclic) bond motifs is 1. The van der Waals surface area contributed by atoms with E-state index in [9.17, 15) is 22.0 Å². The molecule has 0 aromatic heterocycles. The molecular weight excluding hydrogens is 309 g/mol. The van der Waals surface area contributed by atoms with Crippen LogP contribution in [0.5, 0.6) is 11.5 Å². The number of rotatable bonds is 3. The van der Waals surface area contributed by atoms with Crippen LogP contribution < -0.4 is 15.2 Å². The predicted molar refractivity (Wildman–Crippen MR) is 62.1 cm³/mol. The lowest BCUT2D eigenvalue weighted by atomic mass is 10.0. The molecule has 0 amide bonds. The van der Waals surface area contributed by atoms with Crippen LogP contribution >= 0.6 is 12.4 Å². The third kappa shape index (κ3) is 3.86. The highest BCUT2D eigenvalue weighted by Gasteiger charge is 2.45. The Kier molecular flexibility index (Phi) is 4.70. The Morgan fingerprint density at radius 3 is 2.45 bits per heavy atom. The lowest BCUT2D eigenvalue weighted by Gasteiger charge is -2.15. The van der Waals surface area contributed by atoms with Gasteiger partial charge in [0.15, 0.2) is 11.5 Å². The first-order chi connectivity index (χ1) is 8.68. The molecule has 0 saturated heterocycles. The fraction of sp³-hybridized carbons (Fsp3) is 0.455. The summed E-state index contributed by atoms with van der Waals surface area (Å²) in [5.74, 6) is -0.535. The van der Waals surface area contributed by atoms with Gasteiger partial charge in [-0.2, -0.15) is 13.2 Å². The number of benzene rings is 1. The number of halogens is 6. The summed E-state index contributed by atoms with van der Waals surface area (Å²) >= 11 is 0. The zero-order chi connectivity index (χ0) is 14.3. The Labute approximate surface area is 117 Å². The maximum atomic E-state index is 12.9. The van der Waals surface area contributed by atoms with E-state index in [0.29, 0.717) is 0 Å². The Morgan fingerprint density at radius 2 is 1.85 bits per heavy atom. The molecule has 2 N–H and O–H groups in total. The van der Waals surface area contributed by atoms with E-state index in [2.05, 4.69) is 9.47 Å². The van der Waals surface area contributed by atoms with Crippen LogP contribution in [0.3, 0.4) is 0 Å². The van der Waals surface area contributed by atoms with Gasteiger partial charge in [-0.3, -0.25) is 0 Å². The van der Waals surface area contributed by atoms with Crippen LogP contribution in [-0.2, 0) is 0 Å². The maximum absolute atomic E-state index is 12.9. The fourth-order valence-corrected chi connectivity index (χ4v) is 1.76. The molecule has 114 valence electrons. The van der Waals surface area contributed by atoms with E-state index in [4.69, 9.17) is 5.73 Å². The topological polar surface area (TPSA) is 44.5 Å². The average molecular weight is 320 g/mol. The summed E-state index contributed by atoms with van der Waals surface area (Å²) in [6, 6.07) is 2.88. The van der Waals surface area contributed by atoms with Gasteiger partial charge in [-0.25, -0.2) is 0 Å². The van der Waals surface area contributed by atoms with Gasteiger partial charge < -0.3 is 15.2 Å². The van der Waals surface area contributed by atoms with Gasteiger partial charge in [0.25, 0.3) is 0 Å². The number of para-hydroxylation sites is 1. The molecule has 0 aliphatic carbocycles. The van der Waals surface area contributed by atoms with Crippen LogP contribution in [0.4, 0.5) is 22.0 Å². The molecule has 0 saturated carbocycles. The highest BCUT2D eigenvalue weighted by atomic mass is 35.5. The second-order valence-corrected chi connectivity index (χ2v) is 4.10. The third-order valence-electron chi connectivity index (χ3n) is 2.60. The van der Waals surface area contributed by atoms with Crippen LogP contribution in [0, 0.1) is 0 Å². The molecule has 0 unspecified atom stereocenters. The van der Waals surface area contributed by atoms with Gasteiger partial charge in [-0.1, -0.05) is 12.1 Å². The number of ether oxygens (including phenoxy) is 2. The Balaban J connectivity index is 0.00000200. The first-order valence-corrected chi connectivity index (χ1v) is 5.39. The minimum Gasteiger partial charge on any atom is -0.395 e. The van der Waals surface area contributed by atoms with E-state index in [1.54, 1.807) is 0 Å². The van der Waals surface area contributed by atoms with E-state index in [1.165, 1.54) is 18.2 Å². The molecule has 0 radical (unpaired) electrons. The van der Waals surface area contributed by atoms with Gasteiger partial charge in [-0.05, 0) is 12.5 Å². The van der Waals surface area contributed by atoms with Crippen LogP contribution in [0.1, 0.15) is 24.4 Å². The second-order valence-electron chi connectivity index (χ2n) is 4.10. The Morgan fingerprint density at radius 1 is 1.20 bits per heavy atom. The number of nitrogens with two attached hydrogens (primary N) is 1.